The van der Waals surface area contributed by atoms with Crippen LogP contribution in [0.15, 0.2) is 0 Å². The van der Waals surface area contributed by atoms with Gasteiger partial charge < -0.3 is 10.2 Å². The molecule has 0 aromatic carbocycles. The van der Waals surface area contributed by atoms with Crippen LogP contribution in [0, 0.1) is 11.3 Å². The molecule has 3 heteroatoms. The lowest BCUT2D eigenvalue weighted by Gasteiger charge is -2.45. The van der Waals surface area contributed by atoms with Crippen molar-refractivity contribution in [1.82, 2.24) is 10.2 Å². The highest BCUT2D eigenvalue weighted by Gasteiger charge is 2.36. The largest absolute Gasteiger partial charge is 0.316 e. The van der Waals surface area contributed by atoms with Crippen molar-refractivity contribution >= 4 is 11.8 Å². The van der Waals surface area contributed by atoms with E-state index in [1.54, 1.807) is 0 Å². The van der Waals surface area contributed by atoms with Crippen LogP contribution >= 0.6 is 11.8 Å². The van der Waals surface area contributed by atoms with Gasteiger partial charge in [0.2, 0.25) is 0 Å². The molecule has 3 unspecified atom stereocenters. The summed E-state index contributed by atoms with van der Waals surface area (Å²) in [6.45, 7) is 13.3. The Hall–Kier alpha value is 0.270. The molecule has 1 saturated carbocycles. The number of nitrogens with zero attached hydrogens (tertiary/aromatic N) is 1. The Bertz CT molecular complexity index is 271. The lowest BCUT2D eigenvalue weighted by molar-refractivity contribution is 0.0825. The molecule has 0 aromatic heterocycles. The van der Waals surface area contributed by atoms with Crippen molar-refractivity contribution in [3.05, 3.63) is 0 Å². The van der Waals surface area contributed by atoms with Gasteiger partial charge in [-0.05, 0) is 30.7 Å². The second-order valence-corrected chi connectivity index (χ2v) is 8.44. The van der Waals surface area contributed by atoms with Gasteiger partial charge in [0, 0.05) is 37.2 Å². The number of thioether (sulfide) groups is 1. The van der Waals surface area contributed by atoms with Gasteiger partial charge in [-0.2, -0.15) is 11.8 Å². The Kier molecular flexibility index (Phi) is 6.04. The first-order chi connectivity index (χ1) is 9.13. The van der Waals surface area contributed by atoms with Crippen molar-refractivity contribution in [1.29, 1.82) is 0 Å². The average Bonchev–Trinajstić information content (AvgIpc) is 2.36. The van der Waals surface area contributed by atoms with Crippen molar-refractivity contribution in [2.75, 3.05) is 38.5 Å². The topological polar surface area (TPSA) is 15.3 Å². The standard InChI is InChI=1S/C16H32N2S/c1-4-17-12-16(7-5-6-14(2)10-16)13-18-8-9-19-15(3)11-18/h14-15,17H,4-13H2,1-3H3. The molecule has 1 saturated heterocycles. The van der Waals surface area contributed by atoms with E-state index in [1.807, 2.05) is 0 Å². The lowest BCUT2D eigenvalue weighted by atomic mass is 9.69. The summed E-state index contributed by atoms with van der Waals surface area (Å²) in [7, 11) is 0. The summed E-state index contributed by atoms with van der Waals surface area (Å²) < 4.78 is 0. The third-order valence-electron chi connectivity index (χ3n) is 4.82. The van der Waals surface area contributed by atoms with E-state index in [0.717, 1.165) is 17.7 Å². The minimum absolute atomic E-state index is 0.551. The van der Waals surface area contributed by atoms with Gasteiger partial charge in [0.25, 0.3) is 0 Å². The number of hydrogen-bond acceptors (Lipinski definition) is 3. The molecule has 19 heavy (non-hydrogen) atoms. The number of nitrogens with one attached hydrogen (secondary N) is 1. The van der Waals surface area contributed by atoms with Crippen LogP contribution in [0.1, 0.15) is 46.5 Å². The van der Waals surface area contributed by atoms with E-state index < -0.39 is 0 Å². The van der Waals surface area contributed by atoms with E-state index in [4.69, 9.17) is 0 Å². The molecule has 112 valence electrons. The molecule has 0 bridgehead atoms. The van der Waals surface area contributed by atoms with Gasteiger partial charge in [0.1, 0.15) is 0 Å². The van der Waals surface area contributed by atoms with Crippen LogP contribution in [0.5, 0.6) is 0 Å². The zero-order chi connectivity index (χ0) is 13.7. The minimum atomic E-state index is 0.551. The minimum Gasteiger partial charge on any atom is -0.316 e. The van der Waals surface area contributed by atoms with Gasteiger partial charge in [-0.1, -0.05) is 33.6 Å². The van der Waals surface area contributed by atoms with E-state index >= 15 is 0 Å². The summed E-state index contributed by atoms with van der Waals surface area (Å²) >= 11 is 2.14. The van der Waals surface area contributed by atoms with E-state index in [-0.39, 0.29) is 0 Å². The number of hydrogen-bond donors (Lipinski definition) is 1. The van der Waals surface area contributed by atoms with E-state index in [0.29, 0.717) is 5.41 Å². The smallest absolute Gasteiger partial charge is 0.0147 e. The average molecular weight is 285 g/mol. The maximum atomic E-state index is 3.65. The molecule has 1 aliphatic carbocycles. The van der Waals surface area contributed by atoms with Crippen LogP contribution in [-0.4, -0.2) is 48.6 Å². The van der Waals surface area contributed by atoms with Gasteiger partial charge >= 0.3 is 0 Å². The van der Waals surface area contributed by atoms with Gasteiger partial charge in [-0.15, -0.1) is 0 Å². The fourth-order valence-corrected chi connectivity index (χ4v) is 5.11. The molecule has 0 amide bonds. The molecule has 1 aliphatic heterocycles. The first-order valence-corrected chi connectivity index (χ1v) is 9.23. The van der Waals surface area contributed by atoms with Crippen LogP contribution in [0.25, 0.3) is 0 Å². The maximum absolute atomic E-state index is 3.65. The summed E-state index contributed by atoms with van der Waals surface area (Å²) in [4.78, 5) is 2.75. The predicted molar refractivity (Wildman–Crippen MR) is 87.0 cm³/mol. The first kappa shape index (κ1) is 15.7. The first-order valence-electron chi connectivity index (χ1n) is 8.18. The highest BCUT2D eigenvalue weighted by atomic mass is 32.2. The molecule has 2 rings (SSSR count). The van der Waals surface area contributed by atoms with Crippen LogP contribution in [-0.2, 0) is 0 Å². The van der Waals surface area contributed by atoms with Gasteiger partial charge in [-0.25, -0.2) is 0 Å². The lowest BCUT2D eigenvalue weighted by Crippen LogP contribution is -2.49. The predicted octanol–water partition coefficient (Wildman–Crippen LogP) is 3.23. The summed E-state index contributed by atoms with van der Waals surface area (Å²) in [5, 5.41) is 4.47. The Morgan fingerprint density at radius 1 is 1.37 bits per heavy atom. The normalized spacial score (nSPS) is 37.4. The summed E-state index contributed by atoms with van der Waals surface area (Å²) in [5.41, 5.74) is 0.551. The number of rotatable bonds is 5. The third-order valence-corrected chi connectivity index (χ3v) is 5.96. The molecular formula is C16H32N2S. The fourth-order valence-electron chi connectivity index (χ4n) is 4.03. The Labute approximate surface area is 124 Å². The van der Waals surface area contributed by atoms with E-state index in [9.17, 15) is 0 Å². The molecule has 1 heterocycles. The quantitative estimate of drug-likeness (QED) is 0.834. The molecule has 0 aromatic rings. The molecule has 0 radical (unpaired) electrons. The van der Waals surface area contributed by atoms with Gasteiger partial charge in [0.05, 0.1) is 0 Å². The van der Waals surface area contributed by atoms with Crippen LogP contribution in [0.4, 0.5) is 0 Å². The molecule has 2 aliphatic rings. The second-order valence-electron chi connectivity index (χ2n) is 6.90. The summed E-state index contributed by atoms with van der Waals surface area (Å²) in [6, 6.07) is 0. The Morgan fingerprint density at radius 3 is 2.89 bits per heavy atom. The molecule has 2 nitrogen and oxygen atoms in total. The van der Waals surface area contributed by atoms with Crippen molar-refractivity contribution in [2.24, 2.45) is 11.3 Å². The van der Waals surface area contributed by atoms with Crippen molar-refractivity contribution in [3.63, 3.8) is 0 Å². The maximum Gasteiger partial charge on any atom is 0.0147 e. The molecule has 3 atom stereocenters. The zero-order valence-corrected chi connectivity index (χ0v) is 13.9. The van der Waals surface area contributed by atoms with E-state index in [1.165, 1.54) is 57.6 Å². The molecular weight excluding hydrogens is 252 g/mol. The monoisotopic (exact) mass is 284 g/mol. The highest BCUT2D eigenvalue weighted by Crippen LogP contribution is 2.40. The SMILES string of the molecule is CCNCC1(CN2CCSC(C)C2)CCCC(C)C1. The summed E-state index contributed by atoms with van der Waals surface area (Å²) in [6.07, 6.45) is 5.74. The highest BCUT2D eigenvalue weighted by molar-refractivity contribution is 7.99. The second kappa shape index (κ2) is 7.33. The third kappa shape index (κ3) is 4.64. The Morgan fingerprint density at radius 2 is 2.21 bits per heavy atom. The van der Waals surface area contributed by atoms with Gasteiger partial charge in [0.15, 0.2) is 0 Å². The molecule has 0 spiro atoms. The molecule has 1 N–H and O–H groups in total. The van der Waals surface area contributed by atoms with E-state index in [2.05, 4.69) is 42.7 Å². The summed E-state index contributed by atoms with van der Waals surface area (Å²) in [5.74, 6) is 2.25. The van der Waals surface area contributed by atoms with Crippen molar-refractivity contribution < 1.29 is 0 Å². The van der Waals surface area contributed by atoms with Crippen molar-refractivity contribution in [2.45, 2.75) is 51.7 Å². The van der Waals surface area contributed by atoms with Gasteiger partial charge in [-0.3, -0.25) is 0 Å². The van der Waals surface area contributed by atoms with Crippen LogP contribution < -0.4 is 5.32 Å². The van der Waals surface area contributed by atoms with Crippen LogP contribution in [0.2, 0.25) is 0 Å². The Balaban J connectivity index is 1.96. The van der Waals surface area contributed by atoms with Crippen molar-refractivity contribution in [3.8, 4) is 0 Å². The fraction of sp³-hybridized carbons (Fsp3) is 1.00. The molecule has 2 fully saturated rings. The van der Waals surface area contributed by atoms with Crippen LogP contribution in [0.3, 0.4) is 0 Å². The zero-order valence-electron chi connectivity index (χ0n) is 13.1.